The average Bonchev–Trinajstić information content (AvgIpc) is 2.88. The van der Waals surface area contributed by atoms with Crippen molar-refractivity contribution in [3.63, 3.8) is 0 Å². The number of phenols is 1. The fourth-order valence-corrected chi connectivity index (χ4v) is 4.02. The van der Waals surface area contributed by atoms with Gasteiger partial charge in [0.05, 0.1) is 5.92 Å². The summed E-state index contributed by atoms with van der Waals surface area (Å²) in [6, 6.07) is 24.9. The molecule has 188 valence electrons. The second-order valence-corrected chi connectivity index (χ2v) is 8.63. The Bertz CT molecular complexity index is 1110. The van der Waals surface area contributed by atoms with E-state index in [9.17, 15) is 14.7 Å². The van der Waals surface area contributed by atoms with E-state index < -0.39 is 12.0 Å². The Hall–Kier alpha value is -4.33. The molecule has 0 bridgehead atoms. The highest BCUT2D eigenvalue weighted by Gasteiger charge is 2.29. The lowest BCUT2D eigenvalue weighted by molar-refractivity contribution is -0.136. The number of aromatic hydroxyl groups is 1. The van der Waals surface area contributed by atoms with Crippen molar-refractivity contribution in [1.29, 1.82) is 0 Å². The van der Waals surface area contributed by atoms with Gasteiger partial charge in [-0.15, -0.1) is 0 Å². The summed E-state index contributed by atoms with van der Waals surface area (Å²) in [6.07, 6.45) is 0.889. The van der Waals surface area contributed by atoms with Gasteiger partial charge in [0, 0.05) is 20.1 Å². The molecule has 8 heteroatoms. The summed E-state index contributed by atoms with van der Waals surface area (Å²) in [7, 11) is 1.69. The molecule has 3 aromatic rings. The van der Waals surface area contributed by atoms with Crippen LogP contribution >= 0.6 is 0 Å². The Morgan fingerprint density at radius 1 is 0.917 bits per heavy atom. The van der Waals surface area contributed by atoms with E-state index in [4.69, 9.17) is 11.5 Å². The van der Waals surface area contributed by atoms with E-state index >= 15 is 0 Å². The number of hydrogen-bond acceptors (Lipinski definition) is 4. The molecule has 8 nitrogen and oxygen atoms in total. The molecular formula is C28H33N5O3. The van der Waals surface area contributed by atoms with Crippen LogP contribution in [-0.4, -0.2) is 47.4 Å². The summed E-state index contributed by atoms with van der Waals surface area (Å²) < 4.78 is 0. The average molecular weight is 488 g/mol. The van der Waals surface area contributed by atoms with Crippen molar-refractivity contribution in [3.8, 4) is 5.75 Å². The molecule has 3 rings (SSSR count). The first-order chi connectivity index (χ1) is 17.3. The Balaban J connectivity index is 1.81. The molecule has 0 aliphatic rings. The van der Waals surface area contributed by atoms with Crippen LogP contribution in [0.25, 0.3) is 0 Å². The number of benzene rings is 3. The minimum Gasteiger partial charge on any atom is -0.508 e. The lowest BCUT2D eigenvalue weighted by atomic mass is 9.90. The Morgan fingerprint density at radius 2 is 1.47 bits per heavy atom. The lowest BCUT2D eigenvalue weighted by Gasteiger charge is -2.27. The second-order valence-electron chi connectivity index (χ2n) is 8.63. The van der Waals surface area contributed by atoms with Gasteiger partial charge in [0.2, 0.25) is 11.8 Å². The number of nitrogens with one attached hydrogen (secondary N) is 1. The highest BCUT2D eigenvalue weighted by Crippen LogP contribution is 2.25. The molecule has 0 unspecified atom stereocenters. The van der Waals surface area contributed by atoms with Crippen LogP contribution in [-0.2, 0) is 16.1 Å². The predicted octanol–water partition coefficient (Wildman–Crippen LogP) is 2.72. The first-order valence-electron chi connectivity index (χ1n) is 11.8. The number of rotatable bonds is 11. The van der Waals surface area contributed by atoms with Crippen LogP contribution in [0, 0.1) is 0 Å². The molecule has 0 spiro atoms. The molecule has 2 amide bonds. The van der Waals surface area contributed by atoms with E-state index in [1.54, 1.807) is 36.2 Å². The summed E-state index contributed by atoms with van der Waals surface area (Å²) in [5, 5.41) is 12.5. The monoisotopic (exact) mass is 487 g/mol. The quantitative estimate of drug-likeness (QED) is 0.187. The van der Waals surface area contributed by atoms with Gasteiger partial charge >= 0.3 is 0 Å². The summed E-state index contributed by atoms with van der Waals surface area (Å²) in [5.74, 6) is -0.903. The summed E-state index contributed by atoms with van der Waals surface area (Å²) in [5.41, 5.74) is 13.4. The number of amides is 2. The first-order valence-corrected chi connectivity index (χ1v) is 11.8. The van der Waals surface area contributed by atoms with Gasteiger partial charge in [0.15, 0.2) is 5.96 Å². The zero-order chi connectivity index (χ0) is 25.9. The zero-order valence-corrected chi connectivity index (χ0v) is 20.4. The Kier molecular flexibility index (Phi) is 9.45. The van der Waals surface area contributed by atoms with E-state index in [1.165, 1.54) is 0 Å². The molecule has 6 N–H and O–H groups in total. The zero-order valence-electron chi connectivity index (χ0n) is 20.4. The molecule has 0 aromatic heterocycles. The van der Waals surface area contributed by atoms with E-state index in [-0.39, 0.29) is 23.5 Å². The number of nitrogens with two attached hydrogens (primary N) is 2. The van der Waals surface area contributed by atoms with Gasteiger partial charge in [-0.2, -0.15) is 0 Å². The van der Waals surface area contributed by atoms with Gasteiger partial charge < -0.3 is 26.8 Å². The third-order valence-corrected chi connectivity index (χ3v) is 5.82. The molecule has 0 aliphatic heterocycles. The van der Waals surface area contributed by atoms with Gasteiger partial charge in [0.25, 0.3) is 0 Å². The van der Waals surface area contributed by atoms with Crippen LogP contribution in [0.3, 0.4) is 0 Å². The van der Waals surface area contributed by atoms with Crippen LogP contribution < -0.4 is 16.8 Å². The van der Waals surface area contributed by atoms with Gasteiger partial charge in [0.1, 0.15) is 11.8 Å². The minimum absolute atomic E-state index is 0.0143. The highest BCUT2D eigenvalue weighted by molar-refractivity contribution is 5.92. The molecule has 0 aliphatic carbocycles. The Labute approximate surface area is 211 Å². The smallest absolute Gasteiger partial charge is 0.245 e. The molecule has 0 saturated heterocycles. The molecule has 0 radical (unpaired) electrons. The van der Waals surface area contributed by atoms with Crippen LogP contribution in [0.2, 0.25) is 0 Å². The third-order valence-electron chi connectivity index (χ3n) is 5.82. The molecule has 1 atom stereocenters. The van der Waals surface area contributed by atoms with Crippen molar-refractivity contribution in [2.75, 3.05) is 13.6 Å². The highest BCUT2D eigenvalue weighted by atomic mass is 16.3. The van der Waals surface area contributed by atoms with Gasteiger partial charge in [-0.1, -0.05) is 72.8 Å². The number of carbonyl (C=O) groups is 2. The number of phenolic OH excluding ortho intramolecular Hbond substituents is 1. The topological polar surface area (TPSA) is 134 Å². The largest absolute Gasteiger partial charge is 0.508 e. The molecule has 36 heavy (non-hydrogen) atoms. The SMILES string of the molecule is CN(Cc1ccc(O)cc1)C(=O)[C@@H](CCCN=C(N)N)NC(=O)C(c1ccccc1)c1ccccc1. The first kappa shape index (κ1) is 26.3. The van der Waals surface area contributed by atoms with Crippen molar-refractivity contribution in [1.82, 2.24) is 10.2 Å². The van der Waals surface area contributed by atoms with Crippen molar-refractivity contribution in [3.05, 3.63) is 102 Å². The molecule has 3 aromatic carbocycles. The van der Waals surface area contributed by atoms with E-state index in [2.05, 4.69) is 10.3 Å². The van der Waals surface area contributed by atoms with Gasteiger partial charge in [-0.05, 0) is 41.7 Å². The number of likely N-dealkylation sites (N-methyl/N-ethyl adjacent to an activating group) is 1. The van der Waals surface area contributed by atoms with E-state index in [1.807, 2.05) is 60.7 Å². The summed E-state index contributed by atoms with van der Waals surface area (Å²) in [4.78, 5) is 32.7. The maximum absolute atomic E-state index is 13.6. The molecular weight excluding hydrogens is 454 g/mol. The number of carbonyl (C=O) groups excluding carboxylic acids is 2. The van der Waals surface area contributed by atoms with Crippen molar-refractivity contribution >= 4 is 17.8 Å². The molecule has 0 saturated carbocycles. The molecule has 0 heterocycles. The second kappa shape index (κ2) is 12.9. The Morgan fingerprint density at radius 3 is 2.00 bits per heavy atom. The van der Waals surface area contributed by atoms with Crippen molar-refractivity contribution in [2.45, 2.75) is 31.3 Å². The fraction of sp³-hybridized carbons (Fsp3) is 0.250. The number of guanidine groups is 1. The van der Waals surface area contributed by atoms with Gasteiger partial charge in [-0.25, -0.2) is 0 Å². The lowest BCUT2D eigenvalue weighted by Crippen LogP contribution is -2.48. The van der Waals surface area contributed by atoms with Gasteiger partial charge in [-0.3, -0.25) is 14.6 Å². The van der Waals surface area contributed by atoms with Crippen LogP contribution in [0.1, 0.15) is 35.4 Å². The fourth-order valence-electron chi connectivity index (χ4n) is 4.02. The summed E-state index contributed by atoms with van der Waals surface area (Å²) >= 11 is 0. The van der Waals surface area contributed by atoms with E-state index in [0.717, 1.165) is 16.7 Å². The number of aliphatic imine (C=N–C) groups is 1. The van der Waals surface area contributed by atoms with Crippen molar-refractivity contribution < 1.29 is 14.7 Å². The minimum atomic E-state index is -0.760. The van der Waals surface area contributed by atoms with E-state index in [0.29, 0.717) is 25.9 Å². The van der Waals surface area contributed by atoms with Crippen LogP contribution in [0.4, 0.5) is 0 Å². The predicted molar refractivity (Wildman–Crippen MR) is 141 cm³/mol. The maximum Gasteiger partial charge on any atom is 0.245 e. The normalized spacial score (nSPS) is 11.5. The summed E-state index contributed by atoms with van der Waals surface area (Å²) in [6.45, 7) is 0.685. The molecule has 0 fully saturated rings. The number of nitrogens with zero attached hydrogens (tertiary/aromatic N) is 2. The standard InChI is InChI=1S/C28H33N5O3/c1-33(19-20-14-16-23(34)17-15-20)27(36)24(13-8-18-31-28(29)30)32-26(35)25(21-9-4-2-5-10-21)22-11-6-3-7-12-22/h2-7,9-12,14-17,24-25,34H,8,13,18-19H2,1H3,(H,32,35)(H4,29,30,31)/t24-/m1/s1. The maximum atomic E-state index is 13.6. The number of hydrogen-bond donors (Lipinski definition) is 4. The van der Waals surface area contributed by atoms with Crippen LogP contribution in [0.5, 0.6) is 5.75 Å². The third kappa shape index (κ3) is 7.59. The van der Waals surface area contributed by atoms with Crippen LogP contribution in [0.15, 0.2) is 89.9 Å². The van der Waals surface area contributed by atoms with Crippen molar-refractivity contribution in [2.24, 2.45) is 16.5 Å².